The number of rotatable bonds is 0. The average Bonchev–Trinajstić information content (AvgIpc) is 1.52. The van der Waals surface area contributed by atoms with Crippen molar-refractivity contribution < 1.29 is 9.47 Å². The highest BCUT2D eigenvalue weighted by molar-refractivity contribution is 6.00. The van der Waals surface area contributed by atoms with Gasteiger partial charge in [0.05, 0.1) is 13.2 Å². The number of piperidine rings is 1. The lowest BCUT2D eigenvalue weighted by molar-refractivity contribution is 0.119. The number of allylic oxidation sites excluding steroid dienone is 3. The number of benzene rings is 9. The van der Waals surface area contributed by atoms with Crippen LogP contribution in [0.2, 0.25) is 0 Å². The summed E-state index contributed by atoms with van der Waals surface area (Å²) in [5, 5.41) is 3.25. The zero-order valence-corrected chi connectivity index (χ0v) is 58.2. The van der Waals surface area contributed by atoms with E-state index in [2.05, 4.69) is 234 Å². The van der Waals surface area contributed by atoms with Crippen LogP contribution in [0.5, 0.6) is 11.5 Å². The Kier molecular flexibility index (Phi) is 26.6. The quantitative estimate of drug-likeness (QED) is 0.154. The second kappa shape index (κ2) is 36.6. The van der Waals surface area contributed by atoms with E-state index in [1.807, 2.05) is 48.5 Å². The fraction of sp³-hybridized carbons (Fsp3) is 0.242. The number of hydrogen-bond donors (Lipinski definition) is 1. The minimum absolute atomic E-state index is 0.888. The van der Waals surface area contributed by atoms with E-state index in [0.717, 1.165) is 97.8 Å². The Hall–Kier alpha value is -9.64. The standard InChI is InChI=1S/C16H14.C15H12.C14H10O.C14H10.C11H12.C7H12.C6H11N.C6H10O.C6H10/c1-12-15-8-4-2-6-13(15)10-11-14-7-3-5-9-16(12)14;1-11-14-8-4-2-6-12(14)10-13-7-3-5-9-15(11)13;1-10-11-6-2-4-8-13(11)15-14-9-5-3-7-12(10)14;1-10-11-6-2-4-8-13(11)14-9-5-3-7-12(10)14;1-9-5-4-7-10-6-2-3-8-11(9)10;1-7-5-3-2-4-6-7;2*1-6-2-4-7-5-3-6;1-6-4-2-3-5-6/h2-9H,1,10-11H2;2-9H,1,10H2;2-9H,1H2;2-9H,1H2;2-3,6,8H,1,4-5,7H2;1-6H2;7H,1-5H2;1-5H2;1-5H2. The van der Waals surface area contributed by atoms with Gasteiger partial charge >= 0.3 is 0 Å². The summed E-state index contributed by atoms with van der Waals surface area (Å²) in [6.45, 7) is 40.3. The van der Waals surface area contributed by atoms with Crippen molar-refractivity contribution in [1.29, 1.82) is 0 Å². The lowest BCUT2D eigenvalue weighted by atomic mass is 9.83. The Morgan fingerprint density at radius 1 is 0.235 bits per heavy atom. The maximum Gasteiger partial charge on any atom is 0.135 e. The van der Waals surface area contributed by atoms with Crippen LogP contribution in [0.4, 0.5) is 0 Å². The molecule has 0 atom stereocenters. The van der Waals surface area contributed by atoms with Gasteiger partial charge in [-0.1, -0.05) is 294 Å². The van der Waals surface area contributed by atoms with E-state index < -0.39 is 0 Å². The molecule has 498 valence electrons. The molecular formula is C95H101NO2. The summed E-state index contributed by atoms with van der Waals surface area (Å²) < 4.78 is 10.9. The fourth-order valence-corrected chi connectivity index (χ4v) is 13.8. The second-order valence-corrected chi connectivity index (χ2v) is 26.6. The zero-order chi connectivity index (χ0) is 68.4. The van der Waals surface area contributed by atoms with E-state index in [-0.39, 0.29) is 0 Å². The molecule has 3 heterocycles. The van der Waals surface area contributed by atoms with Crippen molar-refractivity contribution in [3.63, 3.8) is 0 Å². The normalized spacial score (nSPS) is 16.0. The van der Waals surface area contributed by atoms with Crippen LogP contribution in [0.1, 0.15) is 174 Å². The number of aryl methyl sites for hydroxylation is 3. The highest BCUT2D eigenvalue weighted by Crippen LogP contribution is 2.44. The molecule has 4 fully saturated rings. The van der Waals surface area contributed by atoms with Crippen LogP contribution in [0, 0.1) is 0 Å². The summed E-state index contributed by atoms with van der Waals surface area (Å²) in [4.78, 5) is 0. The lowest BCUT2D eigenvalue weighted by Gasteiger charge is -2.21. The molecule has 0 amide bonds. The van der Waals surface area contributed by atoms with Gasteiger partial charge in [0, 0.05) is 11.1 Å². The van der Waals surface area contributed by atoms with Crippen LogP contribution < -0.4 is 10.1 Å². The maximum absolute atomic E-state index is 5.79. The summed E-state index contributed by atoms with van der Waals surface area (Å²) in [6, 6.07) is 75.7. The van der Waals surface area contributed by atoms with Gasteiger partial charge in [-0.2, -0.15) is 0 Å². The molecule has 18 rings (SSSR count). The van der Waals surface area contributed by atoms with Gasteiger partial charge in [-0.05, 0) is 247 Å². The third-order valence-corrected chi connectivity index (χ3v) is 19.6. The van der Waals surface area contributed by atoms with Gasteiger partial charge in [0.25, 0.3) is 0 Å². The largest absolute Gasteiger partial charge is 0.456 e. The Labute approximate surface area is 587 Å². The smallest absolute Gasteiger partial charge is 0.135 e. The van der Waals surface area contributed by atoms with E-state index in [1.165, 1.54) is 201 Å². The Bertz CT molecular complexity index is 3930. The highest BCUT2D eigenvalue weighted by atomic mass is 16.5. The molecule has 98 heavy (non-hydrogen) atoms. The number of nitrogens with one attached hydrogen (secondary N) is 1. The molecule has 1 N–H and O–H groups in total. The summed E-state index contributed by atoms with van der Waals surface area (Å²) in [7, 11) is 0. The number of para-hydroxylation sites is 2. The monoisotopic (exact) mass is 1290 g/mol. The summed E-state index contributed by atoms with van der Waals surface area (Å²) in [5.74, 6) is 1.78. The van der Waals surface area contributed by atoms with E-state index >= 15 is 0 Å². The SMILES string of the molecule is C=C1CCCC1.C=C1CCCCC1.C=C1CCCc2ccccc21.C=C1CCNCC1.C=C1CCOCC1.C=C1c2ccccc2-c2ccccc21.C=C1c2ccccc2CCc2ccccc21.C=C1c2ccccc2Cc2ccccc21.C=C1c2ccccc2Oc2ccccc21. The van der Waals surface area contributed by atoms with Crippen LogP contribution in [0.15, 0.2) is 300 Å². The van der Waals surface area contributed by atoms with Crippen molar-refractivity contribution in [1.82, 2.24) is 5.32 Å². The van der Waals surface area contributed by atoms with Crippen molar-refractivity contribution in [3.05, 3.63) is 378 Å². The molecule has 3 heteroatoms. The predicted octanol–water partition coefficient (Wildman–Crippen LogP) is 25.0. The van der Waals surface area contributed by atoms with E-state index in [0.29, 0.717) is 0 Å². The molecule has 9 aromatic carbocycles. The van der Waals surface area contributed by atoms with Gasteiger partial charge in [-0.25, -0.2) is 0 Å². The van der Waals surface area contributed by atoms with Crippen molar-refractivity contribution in [2.24, 2.45) is 0 Å². The molecule has 6 aliphatic carbocycles. The third-order valence-electron chi connectivity index (χ3n) is 19.6. The van der Waals surface area contributed by atoms with E-state index in [4.69, 9.17) is 9.47 Å². The number of fused-ring (bicyclic) bond motifs is 10. The van der Waals surface area contributed by atoms with Crippen LogP contribution in [0.3, 0.4) is 0 Å². The van der Waals surface area contributed by atoms with E-state index in [9.17, 15) is 0 Å². The molecule has 9 aliphatic rings. The van der Waals surface area contributed by atoms with Gasteiger partial charge in [-0.3, -0.25) is 0 Å². The maximum atomic E-state index is 5.79. The molecule has 0 spiro atoms. The van der Waals surface area contributed by atoms with Gasteiger partial charge in [0.2, 0.25) is 0 Å². The van der Waals surface area contributed by atoms with Crippen LogP contribution >= 0.6 is 0 Å². The Morgan fingerprint density at radius 3 is 0.908 bits per heavy atom. The van der Waals surface area contributed by atoms with Crippen LogP contribution in [-0.2, 0) is 30.4 Å². The zero-order valence-electron chi connectivity index (χ0n) is 58.2. The summed E-state index contributed by atoms with van der Waals surface area (Å²) >= 11 is 0. The molecule has 2 saturated carbocycles. The van der Waals surface area contributed by atoms with E-state index in [1.54, 1.807) is 0 Å². The van der Waals surface area contributed by atoms with Crippen LogP contribution in [-0.4, -0.2) is 26.3 Å². The van der Waals surface area contributed by atoms with Crippen molar-refractivity contribution in [2.75, 3.05) is 26.3 Å². The Morgan fingerprint density at radius 2 is 0.541 bits per heavy atom. The predicted molar refractivity (Wildman–Crippen MR) is 422 cm³/mol. The number of ether oxygens (including phenoxy) is 2. The lowest BCUT2D eigenvalue weighted by Crippen LogP contribution is -2.22. The van der Waals surface area contributed by atoms with Crippen LogP contribution in [0.25, 0.3) is 39.0 Å². The molecule has 0 radical (unpaired) electrons. The first-order valence-electron chi connectivity index (χ1n) is 35.8. The van der Waals surface area contributed by atoms with Crippen molar-refractivity contribution in [2.45, 2.75) is 122 Å². The molecule has 0 unspecified atom stereocenters. The van der Waals surface area contributed by atoms with Crippen molar-refractivity contribution >= 4 is 27.9 Å². The molecule has 3 nitrogen and oxygen atoms in total. The highest BCUT2D eigenvalue weighted by Gasteiger charge is 2.22. The first-order valence-corrected chi connectivity index (χ1v) is 35.8. The molecule has 0 bridgehead atoms. The van der Waals surface area contributed by atoms with Crippen molar-refractivity contribution in [3.8, 4) is 22.6 Å². The minimum atomic E-state index is 0.888. The topological polar surface area (TPSA) is 30.5 Å². The first kappa shape index (κ1) is 71.1. The Balaban J connectivity index is 0.000000122. The number of hydrogen-bond acceptors (Lipinski definition) is 3. The van der Waals surface area contributed by atoms with Gasteiger partial charge in [0.15, 0.2) is 0 Å². The molecule has 9 aromatic rings. The fourth-order valence-electron chi connectivity index (χ4n) is 13.8. The molecule has 0 aromatic heterocycles. The second-order valence-electron chi connectivity index (χ2n) is 26.6. The molecule has 2 saturated heterocycles. The third kappa shape index (κ3) is 19.6. The molecule has 3 aliphatic heterocycles. The minimum Gasteiger partial charge on any atom is -0.456 e. The average molecular weight is 1290 g/mol. The summed E-state index contributed by atoms with van der Waals surface area (Å²) in [5.41, 5.74) is 32.5. The summed E-state index contributed by atoms with van der Waals surface area (Å²) in [6.07, 6.45) is 23.6. The first-order chi connectivity index (χ1) is 47.9. The van der Waals surface area contributed by atoms with Gasteiger partial charge in [0.1, 0.15) is 11.5 Å². The van der Waals surface area contributed by atoms with Gasteiger partial charge in [-0.15, -0.1) is 0 Å². The van der Waals surface area contributed by atoms with Gasteiger partial charge < -0.3 is 14.8 Å². The molecular weight excluding hydrogens is 1190 g/mol.